The molecule has 0 bridgehead atoms. The summed E-state index contributed by atoms with van der Waals surface area (Å²) in [5, 5.41) is 0. The van der Waals surface area contributed by atoms with Gasteiger partial charge in [-0.15, -0.1) is 0 Å². The number of hydrogen-bond acceptors (Lipinski definition) is 3. The Hall–Kier alpha value is -0.880. The van der Waals surface area contributed by atoms with E-state index in [2.05, 4.69) is 6.58 Å². The molecule has 2 heterocycles. The summed E-state index contributed by atoms with van der Waals surface area (Å²) in [6.45, 7) is 6.68. The van der Waals surface area contributed by atoms with Crippen molar-refractivity contribution in [2.24, 2.45) is 0 Å². The first-order valence-corrected chi connectivity index (χ1v) is 9.02. The molecule has 2 aliphatic rings. The minimum Gasteiger partial charge on any atom is -0.342 e. The van der Waals surface area contributed by atoms with Crippen molar-refractivity contribution < 1.29 is 13.2 Å². The van der Waals surface area contributed by atoms with E-state index in [1.165, 1.54) is 5.57 Å². The fraction of sp³-hybridized carbons (Fsp3) is 0.786. The number of sulfonamides is 1. The lowest BCUT2D eigenvalue weighted by molar-refractivity contribution is -0.131. The lowest BCUT2D eigenvalue weighted by Crippen LogP contribution is -2.36. The SMILES string of the molecule is C=C1CCN(C(=O)CCCS(=O)(=O)N2CCCC2)CC1. The van der Waals surface area contributed by atoms with Gasteiger partial charge in [0, 0.05) is 32.6 Å². The summed E-state index contributed by atoms with van der Waals surface area (Å²) in [6.07, 6.45) is 4.41. The molecule has 114 valence electrons. The van der Waals surface area contributed by atoms with E-state index in [-0.39, 0.29) is 11.7 Å². The summed E-state index contributed by atoms with van der Waals surface area (Å²) >= 11 is 0. The van der Waals surface area contributed by atoms with E-state index in [1.54, 1.807) is 4.31 Å². The Labute approximate surface area is 121 Å². The Kier molecular flexibility index (Phi) is 5.21. The summed E-state index contributed by atoms with van der Waals surface area (Å²) in [7, 11) is -3.15. The van der Waals surface area contributed by atoms with Crippen LogP contribution in [-0.4, -0.2) is 55.5 Å². The number of hydrogen-bond donors (Lipinski definition) is 0. The highest BCUT2D eigenvalue weighted by Gasteiger charge is 2.25. The fourth-order valence-electron chi connectivity index (χ4n) is 2.73. The van der Waals surface area contributed by atoms with Crippen LogP contribution in [0.5, 0.6) is 0 Å². The third kappa shape index (κ3) is 4.06. The number of amides is 1. The average Bonchev–Trinajstić information content (AvgIpc) is 2.94. The smallest absolute Gasteiger partial charge is 0.222 e. The molecule has 0 saturated carbocycles. The molecule has 0 unspecified atom stereocenters. The molecular weight excluding hydrogens is 276 g/mol. The molecular formula is C14H24N2O3S. The molecule has 2 fully saturated rings. The van der Waals surface area contributed by atoms with Crippen molar-refractivity contribution in [2.75, 3.05) is 31.9 Å². The van der Waals surface area contributed by atoms with Gasteiger partial charge in [0.05, 0.1) is 5.75 Å². The quantitative estimate of drug-likeness (QED) is 0.721. The second kappa shape index (κ2) is 6.72. The Morgan fingerprint density at radius 3 is 2.30 bits per heavy atom. The van der Waals surface area contributed by atoms with Crippen molar-refractivity contribution >= 4 is 15.9 Å². The van der Waals surface area contributed by atoms with Gasteiger partial charge in [-0.1, -0.05) is 12.2 Å². The second-order valence-electron chi connectivity index (χ2n) is 5.66. The van der Waals surface area contributed by atoms with Crippen LogP contribution in [0.25, 0.3) is 0 Å². The van der Waals surface area contributed by atoms with Crippen molar-refractivity contribution in [3.05, 3.63) is 12.2 Å². The Balaban J connectivity index is 1.72. The van der Waals surface area contributed by atoms with Gasteiger partial charge >= 0.3 is 0 Å². The van der Waals surface area contributed by atoms with Crippen molar-refractivity contribution in [3.8, 4) is 0 Å². The van der Waals surface area contributed by atoms with Crippen molar-refractivity contribution in [1.29, 1.82) is 0 Å². The van der Waals surface area contributed by atoms with Crippen molar-refractivity contribution in [2.45, 2.75) is 38.5 Å². The predicted molar refractivity (Wildman–Crippen MR) is 78.8 cm³/mol. The Morgan fingerprint density at radius 1 is 1.10 bits per heavy atom. The van der Waals surface area contributed by atoms with E-state index in [0.29, 0.717) is 25.9 Å². The molecule has 20 heavy (non-hydrogen) atoms. The first-order valence-electron chi connectivity index (χ1n) is 7.41. The summed E-state index contributed by atoms with van der Waals surface area (Å²) in [5.41, 5.74) is 1.20. The highest BCUT2D eigenvalue weighted by atomic mass is 32.2. The summed E-state index contributed by atoms with van der Waals surface area (Å²) in [4.78, 5) is 13.8. The van der Waals surface area contributed by atoms with Gasteiger partial charge < -0.3 is 4.90 Å². The number of carbonyl (C=O) groups excluding carboxylic acids is 1. The van der Waals surface area contributed by atoms with E-state index in [9.17, 15) is 13.2 Å². The largest absolute Gasteiger partial charge is 0.342 e. The number of carbonyl (C=O) groups is 1. The molecule has 1 amide bonds. The highest BCUT2D eigenvalue weighted by Crippen LogP contribution is 2.17. The zero-order chi connectivity index (χ0) is 14.6. The van der Waals surface area contributed by atoms with E-state index in [0.717, 1.165) is 38.8 Å². The van der Waals surface area contributed by atoms with E-state index < -0.39 is 10.0 Å². The van der Waals surface area contributed by atoms with Crippen molar-refractivity contribution in [3.63, 3.8) is 0 Å². The van der Waals surface area contributed by atoms with E-state index >= 15 is 0 Å². The van der Waals surface area contributed by atoms with Crippen LogP contribution in [0, 0.1) is 0 Å². The predicted octanol–water partition coefficient (Wildman–Crippen LogP) is 1.37. The van der Waals surface area contributed by atoms with Gasteiger partial charge in [-0.05, 0) is 32.1 Å². The fourth-order valence-corrected chi connectivity index (χ4v) is 4.31. The van der Waals surface area contributed by atoms with Crippen LogP contribution in [0.1, 0.15) is 38.5 Å². The maximum Gasteiger partial charge on any atom is 0.222 e. The van der Waals surface area contributed by atoms with Crippen LogP contribution in [0.2, 0.25) is 0 Å². The van der Waals surface area contributed by atoms with Gasteiger partial charge in [-0.25, -0.2) is 12.7 Å². The second-order valence-corrected chi connectivity index (χ2v) is 7.74. The van der Waals surface area contributed by atoms with Crippen LogP contribution < -0.4 is 0 Å². The highest BCUT2D eigenvalue weighted by molar-refractivity contribution is 7.89. The maximum atomic E-state index is 12.0. The lowest BCUT2D eigenvalue weighted by Gasteiger charge is -2.28. The van der Waals surface area contributed by atoms with Crippen LogP contribution >= 0.6 is 0 Å². The Bertz CT molecular complexity index is 457. The number of piperidine rings is 1. The average molecular weight is 300 g/mol. The molecule has 2 aliphatic heterocycles. The maximum absolute atomic E-state index is 12.0. The molecule has 0 radical (unpaired) electrons. The third-order valence-corrected chi connectivity index (χ3v) is 6.03. The molecule has 2 rings (SSSR count). The van der Waals surface area contributed by atoms with Crippen LogP contribution in [0.4, 0.5) is 0 Å². The molecule has 0 aromatic rings. The molecule has 0 aromatic carbocycles. The summed E-state index contributed by atoms with van der Waals surface area (Å²) in [6, 6.07) is 0. The number of rotatable bonds is 5. The molecule has 6 heteroatoms. The molecule has 5 nitrogen and oxygen atoms in total. The summed E-state index contributed by atoms with van der Waals surface area (Å²) in [5.74, 6) is 0.174. The van der Waals surface area contributed by atoms with Gasteiger partial charge in [0.2, 0.25) is 15.9 Å². The Morgan fingerprint density at radius 2 is 1.70 bits per heavy atom. The minimum absolute atomic E-state index is 0.0779. The topological polar surface area (TPSA) is 57.7 Å². The van der Waals surface area contributed by atoms with Crippen LogP contribution in [0.3, 0.4) is 0 Å². The van der Waals surface area contributed by atoms with Crippen LogP contribution in [-0.2, 0) is 14.8 Å². The van der Waals surface area contributed by atoms with Gasteiger partial charge in [-0.3, -0.25) is 4.79 Å². The van der Waals surface area contributed by atoms with Gasteiger partial charge in [-0.2, -0.15) is 0 Å². The van der Waals surface area contributed by atoms with Gasteiger partial charge in [0.25, 0.3) is 0 Å². The summed E-state index contributed by atoms with van der Waals surface area (Å²) < 4.78 is 25.6. The van der Waals surface area contributed by atoms with Crippen molar-refractivity contribution in [1.82, 2.24) is 9.21 Å². The van der Waals surface area contributed by atoms with E-state index in [4.69, 9.17) is 0 Å². The first kappa shape index (κ1) is 15.5. The molecule has 0 atom stereocenters. The standard InChI is InChI=1S/C14H24N2O3S/c1-13-6-10-15(11-7-13)14(17)5-4-12-20(18,19)16-8-2-3-9-16/h1-12H2. The first-order chi connectivity index (χ1) is 9.49. The van der Waals surface area contributed by atoms with Gasteiger partial charge in [0.1, 0.15) is 0 Å². The molecule has 0 N–H and O–H groups in total. The molecule has 0 aliphatic carbocycles. The lowest BCUT2D eigenvalue weighted by atomic mass is 10.1. The zero-order valence-electron chi connectivity index (χ0n) is 12.0. The number of likely N-dealkylation sites (tertiary alicyclic amines) is 1. The van der Waals surface area contributed by atoms with E-state index in [1.807, 2.05) is 4.90 Å². The molecule has 2 saturated heterocycles. The number of nitrogens with zero attached hydrogens (tertiary/aromatic N) is 2. The van der Waals surface area contributed by atoms with Crippen LogP contribution in [0.15, 0.2) is 12.2 Å². The normalized spacial score (nSPS) is 21.4. The monoisotopic (exact) mass is 300 g/mol. The third-order valence-electron chi connectivity index (χ3n) is 4.07. The molecule has 0 spiro atoms. The molecule has 0 aromatic heterocycles. The minimum atomic E-state index is -3.15. The zero-order valence-corrected chi connectivity index (χ0v) is 12.8. The van der Waals surface area contributed by atoms with Gasteiger partial charge in [0.15, 0.2) is 0 Å².